The largest absolute Gasteiger partial charge is 0.495 e. The van der Waals surface area contributed by atoms with Crippen LogP contribution in [0.2, 0.25) is 0 Å². The smallest absolute Gasteiger partial charge is 0.393 e. The lowest BCUT2D eigenvalue weighted by Gasteiger charge is -2.33. The van der Waals surface area contributed by atoms with Crippen molar-refractivity contribution in [3.05, 3.63) is 22.2 Å². The zero-order valence-electron chi connectivity index (χ0n) is 13.4. The molecule has 1 aromatic carbocycles. The Labute approximate surface area is 146 Å². The summed E-state index contributed by atoms with van der Waals surface area (Å²) in [5.74, 6) is -1.33. The highest BCUT2D eigenvalue weighted by Crippen LogP contribution is 2.38. The van der Waals surface area contributed by atoms with Gasteiger partial charge in [0.05, 0.1) is 20.1 Å². The first-order chi connectivity index (χ1) is 11.3. The summed E-state index contributed by atoms with van der Waals surface area (Å²) in [6, 6.07) is 2.02. The van der Waals surface area contributed by atoms with Gasteiger partial charge < -0.3 is 14.8 Å². The van der Waals surface area contributed by atoms with Gasteiger partial charge in [0.15, 0.2) is 0 Å². The van der Waals surface area contributed by atoms with Crippen LogP contribution in [0.15, 0.2) is 16.6 Å². The number of hydrogen-bond acceptors (Lipinski definition) is 3. The highest BCUT2D eigenvalue weighted by Gasteiger charge is 2.46. The van der Waals surface area contributed by atoms with E-state index in [2.05, 4.69) is 21.2 Å². The minimum Gasteiger partial charge on any atom is -0.495 e. The number of carbonyl (C=O) groups is 1. The Morgan fingerprint density at radius 1 is 1.17 bits per heavy atom. The molecule has 134 valence electrons. The van der Waals surface area contributed by atoms with Crippen molar-refractivity contribution in [1.82, 2.24) is 5.32 Å². The second kappa shape index (κ2) is 7.63. The predicted molar refractivity (Wildman–Crippen MR) is 86.5 cm³/mol. The van der Waals surface area contributed by atoms with E-state index in [1.807, 2.05) is 0 Å². The number of nitrogens with one attached hydrogen (secondary N) is 1. The number of carbonyl (C=O) groups excluding carboxylic acids is 1. The molecule has 1 aliphatic rings. The van der Waals surface area contributed by atoms with Crippen LogP contribution < -0.4 is 14.8 Å². The van der Waals surface area contributed by atoms with E-state index in [4.69, 9.17) is 9.47 Å². The molecule has 1 saturated carbocycles. The molecular formula is C16H19BrF3NO3. The fourth-order valence-electron chi connectivity index (χ4n) is 2.95. The predicted octanol–water partition coefficient (Wildman–Crippen LogP) is 4.32. The summed E-state index contributed by atoms with van der Waals surface area (Å²) < 4.78 is 50.3. The van der Waals surface area contributed by atoms with Gasteiger partial charge in [0.2, 0.25) is 0 Å². The molecule has 0 bridgehead atoms. The van der Waals surface area contributed by atoms with E-state index in [0.717, 1.165) is 0 Å². The van der Waals surface area contributed by atoms with Crippen molar-refractivity contribution in [2.45, 2.75) is 37.9 Å². The molecule has 0 spiro atoms. The van der Waals surface area contributed by atoms with Crippen LogP contribution in [0.4, 0.5) is 13.2 Å². The molecule has 24 heavy (non-hydrogen) atoms. The van der Waals surface area contributed by atoms with Gasteiger partial charge in [-0.05, 0) is 40.9 Å². The van der Waals surface area contributed by atoms with Crippen LogP contribution in [-0.2, 0) is 0 Å². The summed E-state index contributed by atoms with van der Waals surface area (Å²) in [5.41, 5.74) is 0.193. The molecule has 4 nitrogen and oxygen atoms in total. The van der Waals surface area contributed by atoms with Crippen LogP contribution in [-0.4, -0.2) is 32.3 Å². The van der Waals surface area contributed by atoms with Gasteiger partial charge in [-0.1, -0.05) is 12.8 Å². The highest BCUT2D eigenvalue weighted by molar-refractivity contribution is 9.10. The number of alkyl halides is 3. The summed E-state index contributed by atoms with van der Waals surface area (Å²) in [6.45, 7) is 0. The van der Waals surface area contributed by atoms with Crippen molar-refractivity contribution in [2.75, 3.05) is 14.2 Å². The molecule has 0 unspecified atom stereocenters. The Bertz CT molecular complexity index is 582. The van der Waals surface area contributed by atoms with Crippen molar-refractivity contribution < 1.29 is 27.4 Å². The summed E-state index contributed by atoms with van der Waals surface area (Å²) in [4.78, 5) is 12.4. The molecule has 0 radical (unpaired) electrons. The van der Waals surface area contributed by atoms with Crippen LogP contribution in [0.3, 0.4) is 0 Å². The second-order valence-corrected chi connectivity index (χ2v) is 6.50. The number of benzene rings is 1. The maximum absolute atomic E-state index is 13.1. The first-order valence-electron chi connectivity index (χ1n) is 7.57. The van der Waals surface area contributed by atoms with Gasteiger partial charge in [0.25, 0.3) is 5.91 Å². The third-order valence-corrected chi connectivity index (χ3v) is 4.99. The van der Waals surface area contributed by atoms with E-state index in [-0.39, 0.29) is 12.0 Å². The Kier molecular flexibility index (Phi) is 6.01. The van der Waals surface area contributed by atoms with Gasteiger partial charge in [-0.2, -0.15) is 13.2 Å². The zero-order valence-corrected chi connectivity index (χ0v) is 15.0. The molecule has 0 saturated heterocycles. The van der Waals surface area contributed by atoms with E-state index in [1.54, 1.807) is 0 Å². The molecule has 0 aliphatic heterocycles. The fourth-order valence-corrected chi connectivity index (χ4v) is 3.50. The summed E-state index contributed by atoms with van der Waals surface area (Å²) in [5, 5.41) is 2.53. The number of amides is 1. The van der Waals surface area contributed by atoms with Crippen LogP contribution in [0.25, 0.3) is 0 Å². The van der Waals surface area contributed by atoms with E-state index in [9.17, 15) is 18.0 Å². The van der Waals surface area contributed by atoms with Crippen molar-refractivity contribution in [2.24, 2.45) is 5.92 Å². The summed E-state index contributed by atoms with van der Waals surface area (Å²) in [7, 11) is 2.87. The van der Waals surface area contributed by atoms with Gasteiger partial charge in [0, 0.05) is 11.6 Å². The van der Waals surface area contributed by atoms with Crippen molar-refractivity contribution in [3.63, 3.8) is 0 Å². The molecule has 1 fully saturated rings. The number of hydrogen-bond donors (Lipinski definition) is 1. The van der Waals surface area contributed by atoms with Gasteiger partial charge in [-0.25, -0.2) is 0 Å². The number of halogens is 4. The Balaban J connectivity index is 2.22. The van der Waals surface area contributed by atoms with E-state index < -0.39 is 24.0 Å². The first-order valence-corrected chi connectivity index (χ1v) is 8.36. The molecule has 1 aromatic rings. The third kappa shape index (κ3) is 4.15. The van der Waals surface area contributed by atoms with E-state index >= 15 is 0 Å². The fraction of sp³-hybridized carbons (Fsp3) is 0.562. The Morgan fingerprint density at radius 3 is 2.21 bits per heavy atom. The maximum atomic E-state index is 13.1. The molecule has 1 aliphatic carbocycles. The molecule has 1 amide bonds. The standard InChI is InChI=1S/C16H19BrF3NO3/c1-23-12-7-9(8-13(24-2)14(12)17)15(22)21-11-6-4-3-5-10(11)16(18,19)20/h7-8,10-11H,3-6H2,1-2H3,(H,21,22)/t10-,11+/m0/s1. The molecule has 1 N–H and O–H groups in total. The minimum atomic E-state index is -4.31. The summed E-state index contributed by atoms with van der Waals surface area (Å²) >= 11 is 3.29. The first kappa shape index (κ1) is 18.9. The lowest BCUT2D eigenvalue weighted by atomic mass is 9.84. The summed E-state index contributed by atoms with van der Waals surface area (Å²) in [6.07, 6.45) is -2.75. The average Bonchev–Trinajstić information content (AvgIpc) is 2.54. The number of ether oxygens (including phenoxy) is 2. The average molecular weight is 410 g/mol. The van der Waals surface area contributed by atoms with Crippen LogP contribution in [0.5, 0.6) is 11.5 Å². The van der Waals surface area contributed by atoms with Crippen molar-refractivity contribution in [3.8, 4) is 11.5 Å². The number of rotatable bonds is 4. The zero-order chi connectivity index (χ0) is 17.9. The lowest BCUT2D eigenvalue weighted by Crippen LogP contribution is -2.47. The molecule has 0 aromatic heterocycles. The van der Waals surface area contributed by atoms with E-state index in [0.29, 0.717) is 35.2 Å². The highest BCUT2D eigenvalue weighted by atomic mass is 79.9. The second-order valence-electron chi connectivity index (χ2n) is 5.71. The van der Waals surface area contributed by atoms with Crippen molar-refractivity contribution in [1.29, 1.82) is 0 Å². The van der Waals surface area contributed by atoms with Crippen LogP contribution in [0, 0.1) is 5.92 Å². The quantitative estimate of drug-likeness (QED) is 0.805. The van der Waals surface area contributed by atoms with Crippen LogP contribution in [0.1, 0.15) is 36.0 Å². The number of methoxy groups -OCH3 is 2. The van der Waals surface area contributed by atoms with Gasteiger partial charge in [-0.3, -0.25) is 4.79 Å². The van der Waals surface area contributed by atoms with Crippen LogP contribution >= 0.6 is 15.9 Å². The SMILES string of the molecule is COc1cc(C(=O)N[C@@H]2CCCC[C@@H]2C(F)(F)F)cc(OC)c1Br. The Morgan fingerprint density at radius 2 is 1.71 bits per heavy atom. The maximum Gasteiger partial charge on any atom is 0.393 e. The molecule has 2 rings (SSSR count). The Hall–Kier alpha value is -1.44. The third-order valence-electron chi connectivity index (χ3n) is 4.21. The normalized spacial score (nSPS) is 21.2. The topological polar surface area (TPSA) is 47.6 Å². The lowest BCUT2D eigenvalue weighted by molar-refractivity contribution is -0.187. The molecule has 0 heterocycles. The molecular weight excluding hydrogens is 391 g/mol. The van der Waals surface area contributed by atoms with Gasteiger partial charge >= 0.3 is 6.18 Å². The molecule has 8 heteroatoms. The van der Waals surface area contributed by atoms with Gasteiger partial charge in [0.1, 0.15) is 16.0 Å². The minimum absolute atomic E-state index is 0.0431. The van der Waals surface area contributed by atoms with E-state index in [1.165, 1.54) is 26.4 Å². The van der Waals surface area contributed by atoms with Crippen molar-refractivity contribution >= 4 is 21.8 Å². The molecule has 2 atom stereocenters. The monoisotopic (exact) mass is 409 g/mol. The van der Waals surface area contributed by atoms with Gasteiger partial charge in [-0.15, -0.1) is 0 Å².